The average Bonchev–Trinajstić information content (AvgIpc) is 3.00. The molecule has 0 spiro atoms. The van der Waals surface area contributed by atoms with Crippen LogP contribution in [0, 0.1) is 11.8 Å². The smallest absolute Gasteiger partial charge is 0.227 e. The first kappa shape index (κ1) is 12.9. The van der Waals surface area contributed by atoms with E-state index in [-0.39, 0.29) is 5.92 Å². The molecule has 3 nitrogen and oxygen atoms in total. The molecule has 1 saturated heterocycles. The van der Waals surface area contributed by atoms with Gasteiger partial charge in [0, 0.05) is 18.6 Å². The van der Waals surface area contributed by atoms with Crippen molar-refractivity contribution >= 4 is 5.91 Å². The number of carbonyl (C=O) groups excluding carboxylic acids is 1. The fraction of sp³-hybridized carbons (Fsp3) is 0.929. The van der Waals surface area contributed by atoms with Gasteiger partial charge in [0.05, 0.1) is 5.92 Å². The van der Waals surface area contributed by atoms with Crippen LogP contribution in [0.3, 0.4) is 0 Å². The minimum Gasteiger partial charge on any atom is -0.336 e. The van der Waals surface area contributed by atoms with E-state index >= 15 is 0 Å². The average molecular weight is 238 g/mol. The number of carbonyl (C=O) groups is 1. The predicted octanol–water partition coefficient (Wildman–Crippen LogP) is 2.02. The number of amides is 1. The van der Waals surface area contributed by atoms with Gasteiger partial charge in [-0.05, 0) is 38.6 Å². The molecule has 1 aliphatic heterocycles. The van der Waals surface area contributed by atoms with E-state index in [1.165, 1.54) is 12.8 Å². The maximum Gasteiger partial charge on any atom is 0.227 e. The van der Waals surface area contributed by atoms with Gasteiger partial charge >= 0.3 is 0 Å². The van der Waals surface area contributed by atoms with Gasteiger partial charge in [-0.3, -0.25) is 4.79 Å². The molecular weight excluding hydrogens is 212 g/mol. The summed E-state index contributed by atoms with van der Waals surface area (Å²) in [5.41, 5.74) is 0. The SMILES string of the molecule is CCC(C)C(C)N(C(=O)C1CCNC1)C1CC1. The van der Waals surface area contributed by atoms with Gasteiger partial charge in [-0.25, -0.2) is 0 Å². The van der Waals surface area contributed by atoms with Crippen molar-refractivity contribution in [3.05, 3.63) is 0 Å². The standard InChI is InChI=1S/C14H26N2O/c1-4-10(2)11(3)16(13-5-6-13)14(17)12-7-8-15-9-12/h10-13,15H,4-9H2,1-3H3. The lowest BCUT2D eigenvalue weighted by Gasteiger charge is -2.35. The summed E-state index contributed by atoms with van der Waals surface area (Å²) in [6.45, 7) is 8.60. The quantitative estimate of drug-likeness (QED) is 0.795. The summed E-state index contributed by atoms with van der Waals surface area (Å²) in [5, 5.41) is 3.30. The zero-order valence-electron chi connectivity index (χ0n) is 11.4. The molecule has 0 aromatic heterocycles. The highest BCUT2D eigenvalue weighted by Gasteiger charge is 2.40. The Balaban J connectivity index is 2.03. The van der Waals surface area contributed by atoms with Crippen LogP contribution in [0.15, 0.2) is 0 Å². The maximum atomic E-state index is 12.6. The topological polar surface area (TPSA) is 32.3 Å². The van der Waals surface area contributed by atoms with E-state index in [0.717, 1.165) is 25.9 Å². The van der Waals surface area contributed by atoms with Crippen LogP contribution in [0.25, 0.3) is 0 Å². The van der Waals surface area contributed by atoms with Crippen molar-refractivity contribution in [1.82, 2.24) is 10.2 Å². The van der Waals surface area contributed by atoms with Crippen LogP contribution in [0.5, 0.6) is 0 Å². The monoisotopic (exact) mass is 238 g/mol. The number of rotatable bonds is 5. The van der Waals surface area contributed by atoms with Crippen molar-refractivity contribution in [2.24, 2.45) is 11.8 Å². The molecule has 17 heavy (non-hydrogen) atoms. The molecule has 1 aliphatic carbocycles. The second-order valence-corrected chi connectivity index (χ2v) is 5.79. The zero-order valence-corrected chi connectivity index (χ0v) is 11.4. The molecule has 3 unspecified atom stereocenters. The highest BCUT2D eigenvalue weighted by Crippen LogP contribution is 2.33. The normalized spacial score (nSPS) is 27.8. The molecule has 1 amide bonds. The Morgan fingerprint density at radius 1 is 1.35 bits per heavy atom. The van der Waals surface area contributed by atoms with Crippen LogP contribution in [0.4, 0.5) is 0 Å². The van der Waals surface area contributed by atoms with Gasteiger partial charge in [0.25, 0.3) is 0 Å². The maximum absolute atomic E-state index is 12.6. The Labute approximate surface area is 105 Å². The first-order valence-corrected chi connectivity index (χ1v) is 7.18. The Morgan fingerprint density at radius 2 is 2.06 bits per heavy atom. The first-order chi connectivity index (χ1) is 8.15. The fourth-order valence-corrected chi connectivity index (χ4v) is 2.76. The Morgan fingerprint density at radius 3 is 2.53 bits per heavy atom. The van der Waals surface area contributed by atoms with Crippen molar-refractivity contribution < 1.29 is 4.79 Å². The number of nitrogens with zero attached hydrogens (tertiary/aromatic N) is 1. The van der Waals surface area contributed by atoms with Gasteiger partial charge in [0.1, 0.15) is 0 Å². The molecule has 2 rings (SSSR count). The van der Waals surface area contributed by atoms with E-state index in [1.54, 1.807) is 0 Å². The molecule has 0 aromatic carbocycles. The van der Waals surface area contributed by atoms with E-state index in [1.807, 2.05) is 0 Å². The third kappa shape index (κ3) is 2.82. The molecule has 3 heteroatoms. The summed E-state index contributed by atoms with van der Waals surface area (Å²) >= 11 is 0. The highest BCUT2D eigenvalue weighted by molar-refractivity contribution is 5.80. The summed E-state index contributed by atoms with van der Waals surface area (Å²) in [4.78, 5) is 14.8. The van der Waals surface area contributed by atoms with E-state index < -0.39 is 0 Å². The van der Waals surface area contributed by atoms with E-state index in [0.29, 0.717) is 23.9 Å². The largest absolute Gasteiger partial charge is 0.336 e. The van der Waals surface area contributed by atoms with Gasteiger partial charge in [-0.2, -0.15) is 0 Å². The number of hydrogen-bond acceptors (Lipinski definition) is 2. The molecule has 2 fully saturated rings. The Hall–Kier alpha value is -0.570. The Kier molecular flexibility index (Phi) is 4.08. The molecule has 1 saturated carbocycles. The zero-order chi connectivity index (χ0) is 12.4. The molecule has 98 valence electrons. The van der Waals surface area contributed by atoms with E-state index in [9.17, 15) is 4.79 Å². The van der Waals surface area contributed by atoms with Gasteiger partial charge in [-0.15, -0.1) is 0 Å². The van der Waals surface area contributed by atoms with Gasteiger partial charge in [0.2, 0.25) is 5.91 Å². The summed E-state index contributed by atoms with van der Waals surface area (Å²) in [6, 6.07) is 0.952. The van der Waals surface area contributed by atoms with E-state index in [2.05, 4.69) is 31.0 Å². The molecule has 3 atom stereocenters. The summed E-state index contributed by atoms with van der Waals surface area (Å²) in [6.07, 6.45) is 4.61. The molecule has 0 aromatic rings. The number of nitrogens with one attached hydrogen (secondary N) is 1. The first-order valence-electron chi connectivity index (χ1n) is 7.18. The van der Waals surface area contributed by atoms with Crippen LogP contribution in [0.1, 0.15) is 46.5 Å². The second-order valence-electron chi connectivity index (χ2n) is 5.79. The van der Waals surface area contributed by atoms with Gasteiger partial charge in [0.15, 0.2) is 0 Å². The summed E-state index contributed by atoms with van der Waals surface area (Å²) < 4.78 is 0. The molecular formula is C14H26N2O. The summed E-state index contributed by atoms with van der Waals surface area (Å²) in [5.74, 6) is 1.25. The van der Waals surface area contributed by atoms with Crippen molar-refractivity contribution in [2.45, 2.75) is 58.5 Å². The lowest BCUT2D eigenvalue weighted by molar-refractivity contribution is -0.138. The third-order valence-corrected chi connectivity index (χ3v) is 4.51. The van der Waals surface area contributed by atoms with E-state index in [4.69, 9.17) is 0 Å². The van der Waals surface area contributed by atoms with Crippen molar-refractivity contribution in [3.63, 3.8) is 0 Å². The van der Waals surface area contributed by atoms with Crippen molar-refractivity contribution in [3.8, 4) is 0 Å². The highest BCUT2D eigenvalue weighted by atomic mass is 16.2. The van der Waals surface area contributed by atoms with Crippen molar-refractivity contribution in [1.29, 1.82) is 0 Å². The van der Waals surface area contributed by atoms with Crippen LogP contribution in [0.2, 0.25) is 0 Å². The predicted molar refractivity (Wildman–Crippen MR) is 69.8 cm³/mol. The van der Waals surface area contributed by atoms with Gasteiger partial charge < -0.3 is 10.2 Å². The minimum atomic E-state index is 0.238. The molecule has 1 heterocycles. The van der Waals surface area contributed by atoms with Crippen LogP contribution >= 0.6 is 0 Å². The van der Waals surface area contributed by atoms with Crippen LogP contribution in [-0.2, 0) is 4.79 Å². The van der Waals surface area contributed by atoms with Crippen LogP contribution < -0.4 is 5.32 Å². The molecule has 2 aliphatic rings. The molecule has 1 N–H and O–H groups in total. The molecule has 0 bridgehead atoms. The third-order valence-electron chi connectivity index (χ3n) is 4.51. The lowest BCUT2D eigenvalue weighted by Crippen LogP contribution is -2.46. The molecule has 0 radical (unpaired) electrons. The summed E-state index contributed by atoms with van der Waals surface area (Å²) in [7, 11) is 0. The van der Waals surface area contributed by atoms with Gasteiger partial charge in [-0.1, -0.05) is 20.3 Å². The Bertz CT molecular complexity index is 269. The second kappa shape index (κ2) is 5.38. The van der Waals surface area contributed by atoms with Crippen molar-refractivity contribution in [2.75, 3.05) is 13.1 Å². The minimum absolute atomic E-state index is 0.238. The number of hydrogen-bond donors (Lipinski definition) is 1. The van der Waals surface area contributed by atoms with Crippen LogP contribution in [-0.4, -0.2) is 36.0 Å². The fourth-order valence-electron chi connectivity index (χ4n) is 2.76. The lowest BCUT2D eigenvalue weighted by atomic mass is 9.97.